The average molecular weight is 290 g/mol. The largest absolute Gasteiger partial charge is 0.397 e. The van der Waals surface area contributed by atoms with E-state index in [1.54, 1.807) is 7.11 Å². The molecule has 20 heavy (non-hydrogen) atoms. The van der Waals surface area contributed by atoms with Crippen LogP contribution in [0.15, 0.2) is 18.2 Å². The van der Waals surface area contributed by atoms with Crippen LogP contribution in [0, 0.1) is 6.92 Å². The quantitative estimate of drug-likeness (QED) is 0.925. The van der Waals surface area contributed by atoms with Gasteiger partial charge in [-0.1, -0.05) is 11.6 Å². The lowest BCUT2D eigenvalue weighted by Crippen LogP contribution is -2.29. The van der Waals surface area contributed by atoms with E-state index in [2.05, 4.69) is 0 Å². The molecule has 0 spiro atoms. The highest BCUT2D eigenvalue weighted by molar-refractivity contribution is 7.21. The first-order valence-electron chi connectivity index (χ1n) is 6.71. The maximum atomic E-state index is 12.6. The zero-order valence-corrected chi connectivity index (χ0v) is 12.5. The Labute approximate surface area is 122 Å². The van der Waals surface area contributed by atoms with Crippen molar-refractivity contribution in [2.45, 2.75) is 19.4 Å². The van der Waals surface area contributed by atoms with E-state index in [1.807, 2.05) is 30.0 Å². The van der Waals surface area contributed by atoms with Crippen molar-refractivity contribution < 1.29 is 9.53 Å². The zero-order chi connectivity index (χ0) is 14.3. The van der Waals surface area contributed by atoms with E-state index in [1.165, 1.54) is 11.3 Å². The number of carbonyl (C=O) groups excluding carboxylic acids is 1. The Balaban J connectivity index is 1.94. The summed E-state index contributed by atoms with van der Waals surface area (Å²) in [5, 5.41) is 0.987. The van der Waals surface area contributed by atoms with E-state index in [0.717, 1.165) is 28.6 Å². The van der Waals surface area contributed by atoms with Gasteiger partial charge < -0.3 is 15.4 Å². The number of hydrogen-bond acceptors (Lipinski definition) is 4. The average Bonchev–Trinajstić information content (AvgIpc) is 3.04. The summed E-state index contributed by atoms with van der Waals surface area (Å²) in [5.41, 5.74) is 7.94. The number of carbonyl (C=O) groups is 1. The predicted octanol–water partition coefficient (Wildman–Crippen LogP) is 2.65. The van der Waals surface area contributed by atoms with Crippen LogP contribution in [-0.4, -0.2) is 37.1 Å². The number of benzene rings is 1. The number of amides is 1. The lowest BCUT2D eigenvalue weighted by Gasteiger charge is -2.15. The van der Waals surface area contributed by atoms with Crippen LogP contribution in [0.2, 0.25) is 0 Å². The van der Waals surface area contributed by atoms with Gasteiger partial charge in [-0.25, -0.2) is 0 Å². The van der Waals surface area contributed by atoms with Crippen LogP contribution in [0.3, 0.4) is 0 Å². The number of thiophene rings is 1. The summed E-state index contributed by atoms with van der Waals surface area (Å²) in [5.74, 6) is 0.0286. The van der Waals surface area contributed by atoms with E-state index < -0.39 is 0 Å². The minimum Gasteiger partial charge on any atom is -0.397 e. The fourth-order valence-electron chi connectivity index (χ4n) is 2.64. The van der Waals surface area contributed by atoms with E-state index in [9.17, 15) is 4.79 Å². The summed E-state index contributed by atoms with van der Waals surface area (Å²) in [4.78, 5) is 15.1. The van der Waals surface area contributed by atoms with Gasteiger partial charge in [0.2, 0.25) is 0 Å². The van der Waals surface area contributed by atoms with Gasteiger partial charge in [-0.3, -0.25) is 4.79 Å². The first-order valence-corrected chi connectivity index (χ1v) is 7.52. The highest BCUT2D eigenvalue weighted by Crippen LogP contribution is 2.35. The molecule has 2 heterocycles. The van der Waals surface area contributed by atoms with Crippen LogP contribution in [0.4, 0.5) is 5.69 Å². The SMILES string of the molecule is COC1CCN(C(=O)c2sc3ccc(C)cc3c2N)C1. The summed E-state index contributed by atoms with van der Waals surface area (Å²) in [7, 11) is 1.69. The van der Waals surface area contributed by atoms with Gasteiger partial charge in [0.1, 0.15) is 4.88 Å². The maximum Gasteiger partial charge on any atom is 0.266 e. The van der Waals surface area contributed by atoms with Gasteiger partial charge in [0.05, 0.1) is 11.8 Å². The van der Waals surface area contributed by atoms with Gasteiger partial charge in [-0.2, -0.15) is 0 Å². The van der Waals surface area contributed by atoms with Crippen molar-refractivity contribution in [2.24, 2.45) is 0 Å². The van der Waals surface area contributed by atoms with Gasteiger partial charge in [0.25, 0.3) is 5.91 Å². The molecule has 106 valence electrons. The van der Waals surface area contributed by atoms with Gasteiger partial charge in [-0.15, -0.1) is 11.3 Å². The Morgan fingerprint density at radius 2 is 2.30 bits per heavy atom. The molecule has 2 aromatic rings. The molecular formula is C15H18N2O2S. The highest BCUT2D eigenvalue weighted by atomic mass is 32.1. The maximum absolute atomic E-state index is 12.6. The summed E-state index contributed by atoms with van der Waals surface area (Å²) >= 11 is 1.48. The predicted molar refractivity (Wildman–Crippen MR) is 82.3 cm³/mol. The Kier molecular flexibility index (Phi) is 3.40. The molecule has 0 bridgehead atoms. The van der Waals surface area contributed by atoms with Crippen molar-refractivity contribution in [1.82, 2.24) is 4.90 Å². The first kappa shape index (κ1) is 13.4. The Morgan fingerprint density at radius 3 is 3.00 bits per heavy atom. The van der Waals surface area contributed by atoms with Crippen molar-refractivity contribution in [3.05, 3.63) is 28.6 Å². The molecule has 1 saturated heterocycles. The number of hydrogen-bond donors (Lipinski definition) is 1. The van der Waals surface area contributed by atoms with Crippen LogP contribution in [-0.2, 0) is 4.74 Å². The highest BCUT2D eigenvalue weighted by Gasteiger charge is 2.29. The molecular weight excluding hydrogens is 272 g/mol. The number of ether oxygens (including phenoxy) is 1. The van der Waals surface area contributed by atoms with Crippen LogP contribution in [0.25, 0.3) is 10.1 Å². The minimum atomic E-state index is 0.0286. The van der Waals surface area contributed by atoms with Crippen molar-refractivity contribution in [3.63, 3.8) is 0 Å². The third-order valence-corrected chi connectivity index (χ3v) is 5.02. The fourth-order valence-corrected chi connectivity index (χ4v) is 3.71. The summed E-state index contributed by atoms with van der Waals surface area (Å²) in [6.45, 7) is 3.42. The second kappa shape index (κ2) is 5.07. The number of aryl methyl sites for hydroxylation is 1. The number of nitrogens with two attached hydrogens (primary N) is 1. The molecule has 0 aliphatic carbocycles. The number of methoxy groups -OCH3 is 1. The summed E-state index contributed by atoms with van der Waals surface area (Å²) < 4.78 is 6.38. The molecule has 1 unspecified atom stereocenters. The van der Waals surface area contributed by atoms with E-state index in [-0.39, 0.29) is 12.0 Å². The molecule has 5 heteroatoms. The van der Waals surface area contributed by atoms with E-state index in [0.29, 0.717) is 17.1 Å². The number of fused-ring (bicyclic) bond motifs is 1. The molecule has 3 rings (SSSR count). The third-order valence-electron chi connectivity index (χ3n) is 3.84. The number of likely N-dealkylation sites (tertiary alicyclic amines) is 1. The topological polar surface area (TPSA) is 55.6 Å². The monoisotopic (exact) mass is 290 g/mol. The molecule has 0 radical (unpaired) electrons. The van der Waals surface area contributed by atoms with Crippen molar-refractivity contribution >= 4 is 33.0 Å². The normalized spacial score (nSPS) is 18.9. The molecule has 0 saturated carbocycles. The van der Waals surface area contributed by atoms with Gasteiger partial charge in [0.15, 0.2) is 0 Å². The standard InChI is InChI=1S/C15H18N2O2S/c1-9-3-4-12-11(7-9)13(16)14(20-12)15(18)17-6-5-10(8-17)19-2/h3-4,7,10H,5-6,8,16H2,1-2H3. The fraction of sp³-hybridized carbons (Fsp3) is 0.400. The summed E-state index contributed by atoms with van der Waals surface area (Å²) in [6.07, 6.45) is 1.04. The van der Waals surface area contributed by atoms with E-state index >= 15 is 0 Å². The van der Waals surface area contributed by atoms with Crippen molar-refractivity contribution in [2.75, 3.05) is 25.9 Å². The molecule has 4 nitrogen and oxygen atoms in total. The van der Waals surface area contributed by atoms with Crippen LogP contribution < -0.4 is 5.73 Å². The third kappa shape index (κ3) is 2.17. The minimum absolute atomic E-state index is 0.0286. The Hall–Kier alpha value is -1.59. The molecule has 1 aromatic heterocycles. The molecule has 1 aliphatic rings. The molecule has 1 aliphatic heterocycles. The zero-order valence-electron chi connectivity index (χ0n) is 11.7. The van der Waals surface area contributed by atoms with Gasteiger partial charge in [0, 0.05) is 30.3 Å². The number of rotatable bonds is 2. The molecule has 1 amide bonds. The van der Waals surface area contributed by atoms with Gasteiger partial charge in [-0.05, 0) is 25.5 Å². The van der Waals surface area contributed by atoms with Gasteiger partial charge >= 0.3 is 0 Å². The summed E-state index contributed by atoms with van der Waals surface area (Å²) in [6, 6.07) is 6.12. The molecule has 1 fully saturated rings. The first-order chi connectivity index (χ1) is 9.60. The molecule has 1 aromatic carbocycles. The van der Waals surface area contributed by atoms with Crippen molar-refractivity contribution in [3.8, 4) is 0 Å². The number of anilines is 1. The smallest absolute Gasteiger partial charge is 0.266 e. The lowest BCUT2D eigenvalue weighted by molar-refractivity contribution is 0.0729. The lowest BCUT2D eigenvalue weighted by atomic mass is 10.1. The Bertz CT molecular complexity index is 665. The van der Waals surface area contributed by atoms with Crippen molar-refractivity contribution in [1.29, 1.82) is 0 Å². The second-order valence-corrected chi connectivity index (χ2v) is 6.29. The van der Waals surface area contributed by atoms with Crippen LogP contribution >= 0.6 is 11.3 Å². The second-order valence-electron chi connectivity index (χ2n) is 5.24. The Morgan fingerprint density at radius 1 is 1.50 bits per heavy atom. The number of nitrogen functional groups attached to an aromatic ring is 1. The molecule has 1 atom stereocenters. The number of nitrogens with zero attached hydrogens (tertiary/aromatic N) is 1. The van der Waals surface area contributed by atoms with Crippen LogP contribution in [0.1, 0.15) is 21.7 Å². The van der Waals surface area contributed by atoms with E-state index in [4.69, 9.17) is 10.5 Å². The molecule has 2 N–H and O–H groups in total. The van der Waals surface area contributed by atoms with Crippen LogP contribution in [0.5, 0.6) is 0 Å².